The fourth-order valence-corrected chi connectivity index (χ4v) is 4.06. The maximum Gasteiger partial charge on any atom is 0.258 e. The van der Waals surface area contributed by atoms with E-state index in [1.807, 2.05) is 4.90 Å². The van der Waals surface area contributed by atoms with Crippen LogP contribution in [0.15, 0.2) is 21.4 Å². The second-order valence-electron chi connectivity index (χ2n) is 5.99. The largest absolute Gasteiger partial charge is 0.457 e. The molecule has 1 saturated carbocycles. The van der Waals surface area contributed by atoms with Crippen LogP contribution < -0.4 is 0 Å². The third-order valence-corrected chi connectivity index (χ3v) is 5.34. The van der Waals surface area contributed by atoms with Gasteiger partial charge in [-0.25, -0.2) is 0 Å². The van der Waals surface area contributed by atoms with Crippen LogP contribution in [0, 0.1) is 5.92 Å². The number of rotatable bonds is 2. The number of carbonyl (C=O) groups excluding carboxylic acids is 2. The van der Waals surface area contributed by atoms with Gasteiger partial charge in [0.05, 0.1) is 11.8 Å². The molecule has 1 aromatic rings. The van der Waals surface area contributed by atoms with Crippen molar-refractivity contribution in [2.24, 2.45) is 5.92 Å². The summed E-state index contributed by atoms with van der Waals surface area (Å²) in [6.07, 6.45) is 8.29. The zero-order valence-electron chi connectivity index (χ0n) is 12.0. The van der Waals surface area contributed by atoms with Crippen molar-refractivity contribution < 1.29 is 14.0 Å². The summed E-state index contributed by atoms with van der Waals surface area (Å²) < 4.78 is 5.66. The van der Waals surface area contributed by atoms with E-state index in [-0.39, 0.29) is 17.9 Å². The van der Waals surface area contributed by atoms with E-state index in [0.717, 1.165) is 45.1 Å². The van der Waals surface area contributed by atoms with Crippen molar-refractivity contribution in [3.63, 3.8) is 0 Å². The minimum atomic E-state index is -0.0151. The summed E-state index contributed by atoms with van der Waals surface area (Å²) in [5, 5.41) is 0. The monoisotopic (exact) mass is 353 g/mol. The molecule has 0 aromatic carbocycles. The number of hydrogen-bond donors (Lipinski definition) is 0. The first-order valence-corrected chi connectivity index (χ1v) is 8.54. The molecular weight excluding hydrogens is 334 g/mol. The molecule has 2 fully saturated rings. The Labute approximate surface area is 133 Å². The zero-order chi connectivity index (χ0) is 14.8. The van der Waals surface area contributed by atoms with Gasteiger partial charge in [-0.2, -0.15) is 0 Å². The molecule has 5 heteroatoms. The first kappa shape index (κ1) is 14.8. The second-order valence-corrected chi connectivity index (χ2v) is 6.71. The highest BCUT2D eigenvalue weighted by Gasteiger charge is 2.38. The molecule has 0 spiro atoms. The lowest BCUT2D eigenvalue weighted by atomic mass is 9.79. The van der Waals surface area contributed by atoms with E-state index in [9.17, 15) is 9.59 Å². The molecule has 0 bridgehead atoms. The topological polar surface area (TPSA) is 50.5 Å². The fourth-order valence-electron chi connectivity index (χ4n) is 3.65. The average molecular weight is 354 g/mol. The number of halogens is 1. The van der Waals surface area contributed by atoms with Gasteiger partial charge in [-0.3, -0.25) is 9.59 Å². The van der Waals surface area contributed by atoms with Gasteiger partial charge in [0.1, 0.15) is 5.78 Å². The standard InChI is InChI=1S/C16H20BrNO3/c17-15-12(8-10-21-15)16(20)18-9-4-3-6-13(18)11-5-1-2-7-14(11)19/h8,10-11,13H,1-7,9H2. The number of furan rings is 1. The van der Waals surface area contributed by atoms with Gasteiger partial charge in [-0.15, -0.1) is 0 Å². The predicted octanol–water partition coefficient (Wildman–Crippen LogP) is 3.80. The minimum absolute atomic E-state index is 0.0151. The lowest BCUT2D eigenvalue weighted by Gasteiger charge is -2.41. The molecule has 2 unspecified atom stereocenters. The van der Waals surface area contributed by atoms with Crippen LogP contribution in [0.4, 0.5) is 0 Å². The third-order valence-electron chi connectivity index (χ3n) is 4.72. The Hall–Kier alpha value is -1.10. The van der Waals surface area contributed by atoms with Crippen LogP contribution in [-0.2, 0) is 4.79 Å². The Kier molecular flexibility index (Phi) is 4.48. The Balaban J connectivity index is 1.82. The van der Waals surface area contributed by atoms with Gasteiger partial charge in [0.15, 0.2) is 4.67 Å². The van der Waals surface area contributed by atoms with Crippen LogP contribution in [0.25, 0.3) is 0 Å². The smallest absolute Gasteiger partial charge is 0.258 e. The Morgan fingerprint density at radius 3 is 2.76 bits per heavy atom. The molecule has 1 aliphatic heterocycles. The Morgan fingerprint density at radius 1 is 1.24 bits per heavy atom. The number of hydrogen-bond acceptors (Lipinski definition) is 3. The SMILES string of the molecule is O=C1CCCCC1C1CCCCN1C(=O)c1ccoc1Br. The fraction of sp³-hybridized carbons (Fsp3) is 0.625. The van der Waals surface area contributed by atoms with Gasteiger partial charge < -0.3 is 9.32 Å². The summed E-state index contributed by atoms with van der Waals surface area (Å²) in [6, 6.07) is 1.77. The highest BCUT2D eigenvalue weighted by Crippen LogP contribution is 2.33. The van der Waals surface area contributed by atoms with Crippen molar-refractivity contribution in [3.8, 4) is 0 Å². The van der Waals surface area contributed by atoms with Gasteiger partial charge in [0.2, 0.25) is 0 Å². The van der Waals surface area contributed by atoms with E-state index >= 15 is 0 Å². The van der Waals surface area contributed by atoms with Gasteiger partial charge >= 0.3 is 0 Å². The van der Waals surface area contributed by atoms with Crippen molar-refractivity contribution in [1.29, 1.82) is 0 Å². The molecule has 1 aromatic heterocycles. The minimum Gasteiger partial charge on any atom is -0.457 e. The summed E-state index contributed by atoms with van der Waals surface area (Å²) in [4.78, 5) is 26.9. The van der Waals surface area contributed by atoms with E-state index in [1.54, 1.807) is 6.07 Å². The van der Waals surface area contributed by atoms with Crippen molar-refractivity contribution in [3.05, 3.63) is 22.6 Å². The molecule has 2 aliphatic rings. The van der Waals surface area contributed by atoms with Crippen LogP contribution in [-0.4, -0.2) is 29.2 Å². The van der Waals surface area contributed by atoms with Crippen LogP contribution >= 0.6 is 15.9 Å². The number of nitrogens with zero attached hydrogens (tertiary/aromatic N) is 1. The third kappa shape index (κ3) is 2.93. The van der Waals surface area contributed by atoms with Crippen LogP contribution in [0.3, 0.4) is 0 Å². The van der Waals surface area contributed by atoms with Gasteiger partial charge in [-0.1, -0.05) is 6.42 Å². The first-order chi connectivity index (χ1) is 10.2. The molecule has 114 valence electrons. The Morgan fingerprint density at radius 2 is 2.05 bits per heavy atom. The normalized spacial score (nSPS) is 26.9. The first-order valence-electron chi connectivity index (χ1n) is 7.75. The molecular formula is C16H20BrNO3. The van der Waals surface area contributed by atoms with Crippen LogP contribution in [0.2, 0.25) is 0 Å². The van der Waals surface area contributed by atoms with Gasteiger partial charge in [0.25, 0.3) is 5.91 Å². The highest BCUT2D eigenvalue weighted by molar-refractivity contribution is 9.10. The van der Waals surface area contributed by atoms with E-state index in [2.05, 4.69) is 15.9 Å². The number of likely N-dealkylation sites (tertiary alicyclic amines) is 1. The summed E-state index contributed by atoms with van der Waals surface area (Å²) in [6.45, 7) is 0.741. The lowest BCUT2D eigenvalue weighted by molar-refractivity contribution is -0.127. The number of ketones is 1. The maximum atomic E-state index is 12.8. The summed E-state index contributed by atoms with van der Waals surface area (Å²) >= 11 is 3.28. The number of amides is 1. The summed E-state index contributed by atoms with van der Waals surface area (Å²) in [5.41, 5.74) is 0.560. The molecule has 2 heterocycles. The maximum absolute atomic E-state index is 12.8. The molecule has 3 rings (SSSR count). The van der Waals surface area contributed by atoms with Gasteiger partial charge in [0, 0.05) is 24.9 Å². The molecule has 2 atom stereocenters. The lowest BCUT2D eigenvalue weighted by Crippen LogP contribution is -2.50. The van der Waals surface area contributed by atoms with Crippen LogP contribution in [0.1, 0.15) is 55.3 Å². The molecule has 1 aliphatic carbocycles. The van der Waals surface area contributed by atoms with Crippen molar-refractivity contribution in [2.45, 2.75) is 51.0 Å². The van der Waals surface area contributed by atoms with Crippen molar-refractivity contribution in [1.82, 2.24) is 4.90 Å². The van der Waals surface area contributed by atoms with E-state index in [0.29, 0.717) is 22.4 Å². The van der Waals surface area contributed by atoms with Crippen molar-refractivity contribution >= 4 is 27.6 Å². The molecule has 21 heavy (non-hydrogen) atoms. The predicted molar refractivity (Wildman–Crippen MR) is 82.0 cm³/mol. The molecule has 0 radical (unpaired) electrons. The Bertz CT molecular complexity index is 539. The van der Waals surface area contributed by atoms with Crippen molar-refractivity contribution in [2.75, 3.05) is 6.54 Å². The van der Waals surface area contributed by atoms with E-state index < -0.39 is 0 Å². The molecule has 1 saturated heterocycles. The molecule has 1 amide bonds. The zero-order valence-corrected chi connectivity index (χ0v) is 13.6. The quantitative estimate of drug-likeness (QED) is 0.812. The number of Topliss-reactive ketones (excluding diaryl/α,β-unsaturated/α-hetero) is 1. The highest BCUT2D eigenvalue weighted by atomic mass is 79.9. The van der Waals surface area contributed by atoms with Crippen LogP contribution in [0.5, 0.6) is 0 Å². The van der Waals surface area contributed by atoms with E-state index in [1.165, 1.54) is 6.26 Å². The summed E-state index contributed by atoms with van der Waals surface area (Å²) in [5.74, 6) is 0.365. The number of piperidine rings is 1. The number of carbonyl (C=O) groups is 2. The molecule has 0 N–H and O–H groups in total. The molecule has 4 nitrogen and oxygen atoms in total. The summed E-state index contributed by atoms with van der Waals surface area (Å²) in [7, 11) is 0. The van der Waals surface area contributed by atoms with Gasteiger partial charge in [-0.05, 0) is 54.1 Å². The average Bonchev–Trinajstić information content (AvgIpc) is 2.93. The second kappa shape index (κ2) is 6.34. The van der Waals surface area contributed by atoms with E-state index in [4.69, 9.17) is 4.42 Å².